The number of rotatable bonds is 3. The molecule has 0 saturated carbocycles. The van der Waals surface area contributed by atoms with Gasteiger partial charge in [-0.05, 0) is 36.4 Å². The number of nitrogens with one attached hydrogen (secondary N) is 2. The van der Waals surface area contributed by atoms with Gasteiger partial charge in [-0.2, -0.15) is 0 Å². The van der Waals surface area contributed by atoms with Crippen LogP contribution in [0.2, 0.25) is 0 Å². The highest BCUT2D eigenvalue weighted by molar-refractivity contribution is 6.03. The summed E-state index contributed by atoms with van der Waals surface area (Å²) in [5.74, 6) is -0.159. The van der Waals surface area contributed by atoms with E-state index < -0.39 is 0 Å². The number of H-pyrrole nitrogens is 1. The molecule has 2 aromatic heterocycles. The lowest BCUT2D eigenvalue weighted by Gasteiger charge is -2.06. The van der Waals surface area contributed by atoms with Gasteiger partial charge in [-0.1, -0.05) is 18.2 Å². The van der Waals surface area contributed by atoms with E-state index in [0.29, 0.717) is 5.69 Å². The van der Waals surface area contributed by atoms with Crippen LogP contribution in [0.3, 0.4) is 0 Å². The first-order valence-corrected chi connectivity index (χ1v) is 6.29. The van der Waals surface area contributed by atoms with Gasteiger partial charge in [0, 0.05) is 23.6 Å². The normalized spacial score (nSPS) is 10.2. The fourth-order valence-electron chi connectivity index (χ4n) is 1.96. The van der Waals surface area contributed by atoms with E-state index in [1.54, 1.807) is 24.5 Å². The first-order chi connectivity index (χ1) is 9.83. The van der Waals surface area contributed by atoms with Crippen molar-refractivity contribution in [2.24, 2.45) is 0 Å². The summed E-state index contributed by atoms with van der Waals surface area (Å²) in [6, 6.07) is 16.9. The third kappa shape index (κ3) is 2.59. The minimum Gasteiger partial charge on any atom is -0.357 e. The number of aromatic nitrogens is 2. The van der Waals surface area contributed by atoms with Gasteiger partial charge in [-0.25, -0.2) is 0 Å². The molecule has 1 amide bonds. The second-order valence-corrected chi connectivity index (χ2v) is 4.33. The number of hydrogen-bond acceptors (Lipinski definition) is 2. The molecule has 3 rings (SSSR count). The van der Waals surface area contributed by atoms with Gasteiger partial charge in [0.1, 0.15) is 5.69 Å². The van der Waals surface area contributed by atoms with Crippen LogP contribution in [0.1, 0.15) is 10.5 Å². The van der Waals surface area contributed by atoms with E-state index in [1.165, 1.54) is 0 Å². The maximum absolute atomic E-state index is 12.0. The number of benzene rings is 1. The first-order valence-electron chi connectivity index (χ1n) is 6.29. The van der Waals surface area contributed by atoms with Crippen molar-refractivity contribution in [2.75, 3.05) is 5.32 Å². The summed E-state index contributed by atoms with van der Waals surface area (Å²) < 4.78 is 0. The Morgan fingerprint density at radius 2 is 2.00 bits per heavy atom. The van der Waals surface area contributed by atoms with Crippen LogP contribution >= 0.6 is 0 Å². The Morgan fingerprint density at radius 1 is 1.05 bits per heavy atom. The van der Waals surface area contributed by atoms with Crippen LogP contribution in [-0.4, -0.2) is 15.9 Å². The van der Waals surface area contributed by atoms with Crippen molar-refractivity contribution in [1.82, 2.24) is 9.97 Å². The molecule has 0 radical (unpaired) electrons. The molecular formula is C16H13N3O. The van der Waals surface area contributed by atoms with Gasteiger partial charge in [0.25, 0.3) is 5.91 Å². The summed E-state index contributed by atoms with van der Waals surface area (Å²) in [5.41, 5.74) is 3.12. The second kappa shape index (κ2) is 5.40. The molecule has 0 unspecified atom stereocenters. The van der Waals surface area contributed by atoms with Crippen molar-refractivity contribution in [3.05, 3.63) is 72.7 Å². The number of amides is 1. The third-order valence-electron chi connectivity index (χ3n) is 2.92. The highest BCUT2D eigenvalue weighted by Crippen LogP contribution is 2.20. The predicted molar refractivity (Wildman–Crippen MR) is 78.4 cm³/mol. The van der Waals surface area contributed by atoms with Gasteiger partial charge in [0.15, 0.2) is 0 Å². The quantitative estimate of drug-likeness (QED) is 0.761. The van der Waals surface area contributed by atoms with E-state index in [9.17, 15) is 4.79 Å². The molecule has 0 spiro atoms. The minimum atomic E-state index is -0.159. The number of aromatic amines is 1. The van der Waals surface area contributed by atoms with Gasteiger partial charge in [-0.15, -0.1) is 0 Å². The van der Waals surface area contributed by atoms with Gasteiger partial charge in [-0.3, -0.25) is 9.78 Å². The molecule has 1 aromatic carbocycles. The zero-order valence-electron chi connectivity index (χ0n) is 10.7. The first kappa shape index (κ1) is 12.2. The van der Waals surface area contributed by atoms with Crippen LogP contribution in [0, 0.1) is 0 Å². The Kier molecular flexibility index (Phi) is 3.29. The molecule has 3 aromatic rings. The molecule has 4 heteroatoms. The number of anilines is 1. The third-order valence-corrected chi connectivity index (χ3v) is 2.92. The Balaban J connectivity index is 1.83. The van der Waals surface area contributed by atoms with Crippen molar-refractivity contribution >= 4 is 11.6 Å². The van der Waals surface area contributed by atoms with E-state index in [0.717, 1.165) is 16.9 Å². The maximum atomic E-state index is 12.0. The van der Waals surface area contributed by atoms with E-state index in [4.69, 9.17) is 0 Å². The number of hydrogen-bond donors (Lipinski definition) is 2. The minimum absolute atomic E-state index is 0.159. The molecule has 0 aliphatic rings. The fourth-order valence-corrected chi connectivity index (χ4v) is 1.96. The highest BCUT2D eigenvalue weighted by atomic mass is 16.1. The van der Waals surface area contributed by atoms with Crippen molar-refractivity contribution in [3.63, 3.8) is 0 Å². The average Bonchev–Trinajstić information content (AvgIpc) is 3.03. The molecule has 0 aliphatic carbocycles. The van der Waals surface area contributed by atoms with Gasteiger partial charge < -0.3 is 10.3 Å². The summed E-state index contributed by atoms with van der Waals surface area (Å²) in [5, 5.41) is 2.86. The highest BCUT2D eigenvalue weighted by Gasteiger charge is 2.07. The van der Waals surface area contributed by atoms with Crippen molar-refractivity contribution in [1.29, 1.82) is 0 Å². The summed E-state index contributed by atoms with van der Waals surface area (Å²) >= 11 is 0. The molecule has 0 saturated heterocycles. The molecule has 20 heavy (non-hydrogen) atoms. The molecule has 4 nitrogen and oxygen atoms in total. The Hall–Kier alpha value is -2.88. The molecular weight excluding hydrogens is 250 g/mol. The molecule has 2 N–H and O–H groups in total. The van der Waals surface area contributed by atoms with Crippen LogP contribution in [-0.2, 0) is 0 Å². The van der Waals surface area contributed by atoms with E-state index >= 15 is 0 Å². The molecule has 0 bridgehead atoms. The lowest BCUT2D eigenvalue weighted by atomic mass is 10.1. The molecule has 98 valence electrons. The van der Waals surface area contributed by atoms with Gasteiger partial charge in [0.05, 0.1) is 5.69 Å². The van der Waals surface area contributed by atoms with Crippen LogP contribution < -0.4 is 5.32 Å². The average molecular weight is 263 g/mol. The summed E-state index contributed by atoms with van der Waals surface area (Å²) in [6.07, 6.45) is 3.47. The Labute approximate surface area is 116 Å². The zero-order chi connectivity index (χ0) is 13.8. The van der Waals surface area contributed by atoms with Gasteiger partial charge >= 0.3 is 0 Å². The largest absolute Gasteiger partial charge is 0.357 e. The smallest absolute Gasteiger partial charge is 0.272 e. The monoisotopic (exact) mass is 263 g/mol. The predicted octanol–water partition coefficient (Wildman–Crippen LogP) is 3.33. The zero-order valence-corrected chi connectivity index (χ0v) is 10.7. The number of carbonyl (C=O) groups is 1. The van der Waals surface area contributed by atoms with Crippen LogP contribution in [0.4, 0.5) is 5.69 Å². The van der Waals surface area contributed by atoms with Crippen molar-refractivity contribution in [2.45, 2.75) is 0 Å². The van der Waals surface area contributed by atoms with Crippen molar-refractivity contribution in [3.8, 4) is 11.3 Å². The maximum Gasteiger partial charge on any atom is 0.272 e. The standard InChI is InChI=1S/C16H13N3O/c20-16(15-8-4-10-18-15)19-13-6-3-5-12(11-13)14-7-1-2-9-17-14/h1-11,18H,(H,19,20). The topological polar surface area (TPSA) is 57.8 Å². The van der Waals surface area contributed by atoms with Crippen LogP contribution in [0.25, 0.3) is 11.3 Å². The number of carbonyl (C=O) groups excluding carboxylic acids is 1. The molecule has 0 fully saturated rings. The SMILES string of the molecule is O=C(Nc1cccc(-c2ccccn2)c1)c1ccc[nH]1. The molecule has 0 atom stereocenters. The van der Waals surface area contributed by atoms with Crippen LogP contribution in [0.15, 0.2) is 67.0 Å². The lowest BCUT2D eigenvalue weighted by Crippen LogP contribution is -2.12. The Bertz CT molecular complexity index is 706. The van der Waals surface area contributed by atoms with E-state index in [-0.39, 0.29) is 5.91 Å². The fraction of sp³-hybridized carbons (Fsp3) is 0. The van der Waals surface area contributed by atoms with Crippen molar-refractivity contribution < 1.29 is 4.79 Å². The molecule has 2 heterocycles. The summed E-state index contributed by atoms with van der Waals surface area (Å²) in [7, 11) is 0. The second-order valence-electron chi connectivity index (χ2n) is 4.33. The Morgan fingerprint density at radius 3 is 2.75 bits per heavy atom. The number of pyridine rings is 1. The summed E-state index contributed by atoms with van der Waals surface area (Å²) in [4.78, 5) is 19.1. The summed E-state index contributed by atoms with van der Waals surface area (Å²) in [6.45, 7) is 0. The van der Waals surface area contributed by atoms with E-state index in [1.807, 2.05) is 42.5 Å². The molecule has 0 aliphatic heterocycles. The van der Waals surface area contributed by atoms with E-state index in [2.05, 4.69) is 15.3 Å². The van der Waals surface area contributed by atoms with Crippen LogP contribution in [0.5, 0.6) is 0 Å². The van der Waals surface area contributed by atoms with Gasteiger partial charge in [0.2, 0.25) is 0 Å². The lowest BCUT2D eigenvalue weighted by molar-refractivity contribution is 0.102. The number of nitrogens with zero attached hydrogens (tertiary/aromatic N) is 1.